The number of nitrogens with zero attached hydrogens (tertiary/aromatic N) is 3. The Morgan fingerprint density at radius 2 is 1.42 bits per heavy atom. The Labute approximate surface area is 156 Å². The first-order valence-corrected chi connectivity index (χ1v) is 9.70. The van der Waals surface area contributed by atoms with Gasteiger partial charge in [0.1, 0.15) is 0 Å². The molecule has 26 heavy (non-hydrogen) atoms. The summed E-state index contributed by atoms with van der Waals surface area (Å²) >= 11 is 0. The molecule has 0 aromatic heterocycles. The van der Waals surface area contributed by atoms with Gasteiger partial charge in [0.05, 0.1) is 0 Å². The first-order chi connectivity index (χ1) is 12.8. The zero-order valence-corrected chi connectivity index (χ0v) is 15.3. The summed E-state index contributed by atoms with van der Waals surface area (Å²) in [5.74, 6) is 0.164. The lowest BCUT2D eigenvalue weighted by atomic mass is 10.1. The van der Waals surface area contributed by atoms with E-state index >= 15 is 0 Å². The number of rotatable bonds is 4. The van der Waals surface area contributed by atoms with Crippen molar-refractivity contribution in [1.29, 1.82) is 0 Å². The van der Waals surface area contributed by atoms with Crippen LogP contribution in [-0.2, 0) is 6.54 Å². The summed E-state index contributed by atoms with van der Waals surface area (Å²) in [4.78, 5) is 19.6. The number of hydrogen-bond acceptors (Lipinski definition) is 3. The predicted molar refractivity (Wildman–Crippen MR) is 106 cm³/mol. The molecule has 0 atom stereocenters. The van der Waals surface area contributed by atoms with Gasteiger partial charge in [0.2, 0.25) is 0 Å². The van der Waals surface area contributed by atoms with Crippen LogP contribution in [0.2, 0.25) is 0 Å². The van der Waals surface area contributed by atoms with Crippen molar-refractivity contribution in [3.63, 3.8) is 0 Å². The molecule has 0 N–H and O–H groups in total. The predicted octanol–water partition coefficient (Wildman–Crippen LogP) is 3.24. The average Bonchev–Trinajstić information content (AvgIpc) is 3.24. The van der Waals surface area contributed by atoms with Gasteiger partial charge in [-0.05, 0) is 42.7 Å². The van der Waals surface area contributed by atoms with Crippen LogP contribution in [0.3, 0.4) is 0 Å². The zero-order chi connectivity index (χ0) is 17.8. The molecule has 2 aliphatic rings. The van der Waals surface area contributed by atoms with Gasteiger partial charge < -0.3 is 9.80 Å². The van der Waals surface area contributed by atoms with Gasteiger partial charge in [-0.25, -0.2) is 0 Å². The van der Waals surface area contributed by atoms with Crippen LogP contribution in [-0.4, -0.2) is 55.0 Å². The minimum atomic E-state index is 0.164. The number of carbonyl (C=O) groups excluding carboxylic acids is 1. The summed E-state index contributed by atoms with van der Waals surface area (Å²) in [5.41, 5.74) is 3.39. The SMILES string of the molecule is O=C(c1ccc(N2CCCC2)cc1)N1CCN(Cc2ccccc2)CC1. The average molecular weight is 349 g/mol. The second-order valence-electron chi connectivity index (χ2n) is 7.29. The van der Waals surface area contributed by atoms with Crippen molar-refractivity contribution >= 4 is 11.6 Å². The lowest BCUT2D eigenvalue weighted by Crippen LogP contribution is -2.48. The third-order valence-electron chi connectivity index (χ3n) is 5.49. The first-order valence-electron chi connectivity index (χ1n) is 9.70. The van der Waals surface area contributed by atoms with Gasteiger partial charge in [-0.2, -0.15) is 0 Å². The molecule has 2 heterocycles. The van der Waals surface area contributed by atoms with E-state index in [2.05, 4.69) is 52.3 Å². The van der Waals surface area contributed by atoms with Crippen molar-refractivity contribution in [2.45, 2.75) is 19.4 Å². The van der Waals surface area contributed by atoms with Gasteiger partial charge in [0.25, 0.3) is 5.91 Å². The Morgan fingerprint density at radius 3 is 2.08 bits per heavy atom. The second-order valence-corrected chi connectivity index (χ2v) is 7.29. The molecule has 2 aliphatic heterocycles. The molecule has 136 valence electrons. The number of carbonyl (C=O) groups is 1. The van der Waals surface area contributed by atoms with E-state index in [4.69, 9.17) is 0 Å². The van der Waals surface area contributed by atoms with E-state index in [0.717, 1.165) is 51.4 Å². The zero-order valence-electron chi connectivity index (χ0n) is 15.3. The minimum absolute atomic E-state index is 0.164. The molecule has 4 heteroatoms. The normalized spacial score (nSPS) is 18.3. The molecule has 2 aromatic rings. The Hall–Kier alpha value is -2.33. The Morgan fingerprint density at radius 1 is 0.769 bits per heavy atom. The monoisotopic (exact) mass is 349 g/mol. The van der Waals surface area contributed by atoms with Crippen LogP contribution in [0.15, 0.2) is 54.6 Å². The lowest BCUT2D eigenvalue weighted by molar-refractivity contribution is 0.0628. The maximum atomic E-state index is 12.8. The summed E-state index contributed by atoms with van der Waals surface area (Å²) in [6.45, 7) is 6.72. The highest BCUT2D eigenvalue weighted by atomic mass is 16.2. The van der Waals surface area contributed by atoms with E-state index in [1.54, 1.807) is 0 Å². The Kier molecular flexibility index (Phi) is 5.21. The van der Waals surface area contributed by atoms with Crippen molar-refractivity contribution in [2.75, 3.05) is 44.2 Å². The maximum absolute atomic E-state index is 12.8. The van der Waals surface area contributed by atoms with E-state index in [0.29, 0.717) is 0 Å². The summed E-state index contributed by atoms with van der Waals surface area (Å²) in [5, 5.41) is 0. The number of amides is 1. The fourth-order valence-corrected chi connectivity index (χ4v) is 3.92. The number of benzene rings is 2. The molecule has 4 rings (SSSR count). The van der Waals surface area contributed by atoms with Crippen molar-refractivity contribution < 1.29 is 4.79 Å². The van der Waals surface area contributed by atoms with Crippen molar-refractivity contribution in [3.05, 3.63) is 65.7 Å². The van der Waals surface area contributed by atoms with E-state index in [1.807, 2.05) is 17.0 Å². The molecule has 1 amide bonds. The molecular formula is C22H27N3O. The summed E-state index contributed by atoms with van der Waals surface area (Å²) in [7, 11) is 0. The quantitative estimate of drug-likeness (QED) is 0.848. The molecule has 0 radical (unpaired) electrons. The highest BCUT2D eigenvalue weighted by Crippen LogP contribution is 2.21. The standard InChI is InChI=1S/C22H27N3O/c26-22(20-8-10-21(11-9-20)24-12-4-5-13-24)25-16-14-23(15-17-25)18-19-6-2-1-3-7-19/h1-3,6-11H,4-5,12-18H2. The third-order valence-corrected chi connectivity index (χ3v) is 5.49. The van der Waals surface area contributed by atoms with Gasteiger partial charge in [0.15, 0.2) is 0 Å². The summed E-state index contributed by atoms with van der Waals surface area (Å²) in [6.07, 6.45) is 2.54. The highest BCUT2D eigenvalue weighted by Gasteiger charge is 2.22. The van der Waals surface area contributed by atoms with Gasteiger partial charge >= 0.3 is 0 Å². The summed E-state index contributed by atoms with van der Waals surface area (Å²) in [6, 6.07) is 18.7. The van der Waals surface area contributed by atoms with Crippen LogP contribution in [0, 0.1) is 0 Å². The van der Waals surface area contributed by atoms with Gasteiger partial charge in [-0.1, -0.05) is 30.3 Å². The Balaban J connectivity index is 1.31. The van der Waals surface area contributed by atoms with E-state index in [1.165, 1.54) is 24.1 Å². The Bertz CT molecular complexity index is 715. The van der Waals surface area contributed by atoms with Crippen molar-refractivity contribution in [2.24, 2.45) is 0 Å². The maximum Gasteiger partial charge on any atom is 0.253 e. The van der Waals surface area contributed by atoms with E-state index < -0.39 is 0 Å². The molecule has 0 saturated carbocycles. The van der Waals surface area contributed by atoms with Crippen LogP contribution in [0.25, 0.3) is 0 Å². The fourth-order valence-electron chi connectivity index (χ4n) is 3.92. The molecule has 0 aliphatic carbocycles. The molecule has 0 bridgehead atoms. The van der Waals surface area contributed by atoms with E-state index in [9.17, 15) is 4.79 Å². The fraction of sp³-hybridized carbons (Fsp3) is 0.409. The largest absolute Gasteiger partial charge is 0.372 e. The number of hydrogen-bond donors (Lipinski definition) is 0. The van der Waals surface area contributed by atoms with Crippen LogP contribution in [0.5, 0.6) is 0 Å². The van der Waals surface area contributed by atoms with Crippen LogP contribution >= 0.6 is 0 Å². The topological polar surface area (TPSA) is 26.8 Å². The highest BCUT2D eigenvalue weighted by molar-refractivity contribution is 5.94. The molecule has 0 unspecified atom stereocenters. The lowest BCUT2D eigenvalue weighted by Gasteiger charge is -2.34. The van der Waals surface area contributed by atoms with Gasteiger partial charge in [-0.15, -0.1) is 0 Å². The molecule has 4 nitrogen and oxygen atoms in total. The van der Waals surface area contributed by atoms with E-state index in [-0.39, 0.29) is 5.91 Å². The van der Waals surface area contributed by atoms with Gasteiger partial charge in [0, 0.05) is 57.1 Å². The summed E-state index contributed by atoms with van der Waals surface area (Å²) < 4.78 is 0. The van der Waals surface area contributed by atoms with Crippen molar-refractivity contribution in [3.8, 4) is 0 Å². The molecule has 2 aromatic carbocycles. The number of piperazine rings is 1. The van der Waals surface area contributed by atoms with Gasteiger partial charge in [-0.3, -0.25) is 9.69 Å². The molecular weight excluding hydrogens is 322 g/mol. The van der Waals surface area contributed by atoms with Crippen molar-refractivity contribution in [1.82, 2.24) is 9.80 Å². The smallest absolute Gasteiger partial charge is 0.253 e. The second kappa shape index (κ2) is 7.92. The molecule has 0 spiro atoms. The minimum Gasteiger partial charge on any atom is -0.372 e. The van der Waals surface area contributed by atoms with Crippen LogP contribution in [0.1, 0.15) is 28.8 Å². The third kappa shape index (κ3) is 3.91. The van der Waals surface area contributed by atoms with Crippen LogP contribution < -0.4 is 4.90 Å². The molecule has 2 saturated heterocycles. The first kappa shape index (κ1) is 17.1. The number of anilines is 1. The molecule has 2 fully saturated rings. The van der Waals surface area contributed by atoms with Crippen LogP contribution in [0.4, 0.5) is 5.69 Å².